The molecule has 5 heteroatoms. The Bertz CT molecular complexity index is 591. The van der Waals surface area contributed by atoms with Crippen LogP contribution < -0.4 is 10.1 Å². The molecule has 118 valence electrons. The third-order valence-electron chi connectivity index (χ3n) is 4.08. The summed E-state index contributed by atoms with van der Waals surface area (Å²) >= 11 is 0. The lowest BCUT2D eigenvalue weighted by Crippen LogP contribution is -2.45. The highest BCUT2D eigenvalue weighted by Gasteiger charge is 2.39. The molecule has 1 fully saturated rings. The SMILES string of the molecule is CCNC(c1cccc(OC2CC2)c1)C(C)(C)S(C)(=O)=O. The summed E-state index contributed by atoms with van der Waals surface area (Å²) in [6.45, 7) is 6.22. The number of ether oxygens (including phenoxy) is 1. The molecule has 0 bridgehead atoms. The van der Waals surface area contributed by atoms with Crippen molar-refractivity contribution in [3.8, 4) is 5.75 Å². The zero-order chi connectivity index (χ0) is 15.7. The van der Waals surface area contributed by atoms with Crippen molar-refractivity contribution >= 4 is 9.84 Å². The molecule has 21 heavy (non-hydrogen) atoms. The van der Waals surface area contributed by atoms with Crippen LogP contribution in [0.25, 0.3) is 0 Å². The quantitative estimate of drug-likeness (QED) is 0.841. The van der Waals surface area contributed by atoms with Gasteiger partial charge in [0.2, 0.25) is 0 Å². The first-order chi connectivity index (χ1) is 9.75. The summed E-state index contributed by atoms with van der Waals surface area (Å²) in [6, 6.07) is 7.51. The molecule has 1 aliphatic rings. The van der Waals surface area contributed by atoms with E-state index in [4.69, 9.17) is 4.74 Å². The minimum Gasteiger partial charge on any atom is -0.490 e. The Balaban J connectivity index is 2.33. The van der Waals surface area contributed by atoms with Crippen LogP contribution >= 0.6 is 0 Å². The molecule has 0 spiro atoms. The first-order valence-corrected chi connectivity index (χ1v) is 9.34. The largest absolute Gasteiger partial charge is 0.490 e. The second kappa shape index (κ2) is 5.97. The van der Waals surface area contributed by atoms with E-state index < -0.39 is 14.6 Å². The zero-order valence-corrected chi connectivity index (χ0v) is 14.0. The van der Waals surface area contributed by atoms with Crippen LogP contribution in [0.2, 0.25) is 0 Å². The molecule has 2 rings (SSSR count). The van der Waals surface area contributed by atoms with Gasteiger partial charge in [-0.3, -0.25) is 0 Å². The first kappa shape index (κ1) is 16.3. The number of rotatable bonds is 7. The van der Waals surface area contributed by atoms with Gasteiger partial charge in [-0.2, -0.15) is 0 Å². The van der Waals surface area contributed by atoms with Crippen LogP contribution in [-0.4, -0.2) is 32.1 Å². The predicted octanol–water partition coefficient (Wildman–Crippen LogP) is 2.70. The van der Waals surface area contributed by atoms with Gasteiger partial charge in [0, 0.05) is 6.26 Å². The van der Waals surface area contributed by atoms with Crippen molar-refractivity contribution in [1.82, 2.24) is 5.32 Å². The minimum atomic E-state index is -3.20. The predicted molar refractivity (Wildman–Crippen MR) is 85.4 cm³/mol. The number of hydrogen-bond acceptors (Lipinski definition) is 4. The number of nitrogens with one attached hydrogen (secondary N) is 1. The molecule has 4 nitrogen and oxygen atoms in total. The molecule has 1 N–H and O–H groups in total. The normalized spacial score (nSPS) is 17.5. The lowest BCUT2D eigenvalue weighted by Gasteiger charge is -2.33. The Morgan fingerprint density at radius 2 is 2.05 bits per heavy atom. The summed E-state index contributed by atoms with van der Waals surface area (Å²) in [6.07, 6.45) is 3.84. The van der Waals surface area contributed by atoms with Gasteiger partial charge in [-0.15, -0.1) is 0 Å². The van der Waals surface area contributed by atoms with E-state index in [1.54, 1.807) is 13.8 Å². The van der Waals surface area contributed by atoms with E-state index in [0.29, 0.717) is 12.6 Å². The highest BCUT2D eigenvalue weighted by Crippen LogP contribution is 2.34. The van der Waals surface area contributed by atoms with Gasteiger partial charge in [0.1, 0.15) is 5.75 Å². The van der Waals surface area contributed by atoms with Gasteiger partial charge >= 0.3 is 0 Å². The molecule has 0 radical (unpaired) electrons. The molecule has 1 aromatic rings. The van der Waals surface area contributed by atoms with Crippen LogP contribution in [0.1, 0.15) is 45.2 Å². The van der Waals surface area contributed by atoms with Crippen LogP contribution in [0.4, 0.5) is 0 Å². The van der Waals surface area contributed by atoms with E-state index in [1.807, 2.05) is 31.2 Å². The molecular formula is C16H25NO3S. The fourth-order valence-corrected chi connectivity index (χ4v) is 2.98. The Morgan fingerprint density at radius 1 is 1.38 bits per heavy atom. The minimum absolute atomic E-state index is 0.264. The van der Waals surface area contributed by atoms with Crippen molar-refractivity contribution in [3.05, 3.63) is 29.8 Å². The summed E-state index contributed by atoms with van der Waals surface area (Å²) in [5.74, 6) is 0.821. The standard InChI is InChI=1S/C16H25NO3S/c1-5-17-15(16(2,3)21(4,18)19)12-7-6-8-14(11-12)20-13-9-10-13/h6-8,11,13,15,17H,5,9-10H2,1-4H3. The number of hydrogen-bond donors (Lipinski definition) is 1. The first-order valence-electron chi connectivity index (χ1n) is 7.45. The topological polar surface area (TPSA) is 55.4 Å². The fraction of sp³-hybridized carbons (Fsp3) is 0.625. The molecule has 0 amide bonds. The van der Waals surface area contributed by atoms with Crippen molar-refractivity contribution in [2.24, 2.45) is 0 Å². The third kappa shape index (κ3) is 3.77. The van der Waals surface area contributed by atoms with Crippen LogP contribution in [0.5, 0.6) is 5.75 Å². The molecule has 0 saturated heterocycles. The lowest BCUT2D eigenvalue weighted by atomic mass is 9.95. The van der Waals surface area contributed by atoms with Gasteiger partial charge < -0.3 is 10.1 Å². The second-order valence-corrected chi connectivity index (χ2v) is 8.85. The van der Waals surface area contributed by atoms with Crippen LogP contribution in [0, 0.1) is 0 Å². The maximum absolute atomic E-state index is 12.1. The summed E-state index contributed by atoms with van der Waals surface area (Å²) in [7, 11) is -3.20. The monoisotopic (exact) mass is 311 g/mol. The van der Waals surface area contributed by atoms with Gasteiger partial charge in [0.15, 0.2) is 9.84 Å². The second-order valence-electron chi connectivity index (χ2n) is 6.26. The van der Waals surface area contributed by atoms with Crippen molar-refractivity contribution in [2.45, 2.75) is 50.5 Å². The highest BCUT2D eigenvalue weighted by molar-refractivity contribution is 7.92. The summed E-state index contributed by atoms with van der Waals surface area (Å²) in [5, 5.41) is 3.31. The van der Waals surface area contributed by atoms with Gasteiger partial charge in [-0.25, -0.2) is 8.42 Å². The molecule has 0 aliphatic heterocycles. The van der Waals surface area contributed by atoms with E-state index in [9.17, 15) is 8.42 Å². The molecule has 1 atom stereocenters. The molecule has 1 aliphatic carbocycles. The average molecular weight is 311 g/mol. The molecule has 0 heterocycles. The fourth-order valence-electron chi connectivity index (χ4n) is 2.33. The third-order valence-corrected chi connectivity index (χ3v) is 6.22. The molecule has 0 aromatic heterocycles. The van der Waals surface area contributed by atoms with E-state index in [-0.39, 0.29) is 6.04 Å². The molecule has 1 unspecified atom stereocenters. The van der Waals surface area contributed by atoms with Crippen molar-refractivity contribution < 1.29 is 13.2 Å². The summed E-state index contributed by atoms with van der Waals surface area (Å²) in [5.41, 5.74) is 0.949. The molecule has 1 aromatic carbocycles. The van der Waals surface area contributed by atoms with E-state index in [1.165, 1.54) is 6.26 Å². The summed E-state index contributed by atoms with van der Waals surface area (Å²) < 4.78 is 29.2. The Labute approximate surface area is 127 Å². The van der Waals surface area contributed by atoms with Gasteiger partial charge in [0.05, 0.1) is 16.9 Å². The van der Waals surface area contributed by atoms with Crippen LogP contribution in [-0.2, 0) is 9.84 Å². The van der Waals surface area contributed by atoms with Crippen molar-refractivity contribution in [2.75, 3.05) is 12.8 Å². The van der Waals surface area contributed by atoms with Crippen LogP contribution in [0.15, 0.2) is 24.3 Å². The van der Waals surface area contributed by atoms with Gasteiger partial charge in [-0.1, -0.05) is 19.1 Å². The number of sulfone groups is 1. The number of benzene rings is 1. The van der Waals surface area contributed by atoms with Crippen molar-refractivity contribution in [1.29, 1.82) is 0 Å². The molecular weight excluding hydrogens is 286 g/mol. The van der Waals surface area contributed by atoms with Gasteiger partial charge in [-0.05, 0) is 50.9 Å². The van der Waals surface area contributed by atoms with Crippen LogP contribution in [0.3, 0.4) is 0 Å². The Hall–Kier alpha value is -1.07. The maximum Gasteiger partial charge on any atom is 0.154 e. The maximum atomic E-state index is 12.1. The summed E-state index contributed by atoms with van der Waals surface area (Å²) in [4.78, 5) is 0. The van der Waals surface area contributed by atoms with E-state index >= 15 is 0 Å². The average Bonchev–Trinajstić information content (AvgIpc) is 3.18. The van der Waals surface area contributed by atoms with E-state index in [2.05, 4.69) is 5.32 Å². The lowest BCUT2D eigenvalue weighted by molar-refractivity contribution is 0.302. The highest BCUT2D eigenvalue weighted by atomic mass is 32.2. The van der Waals surface area contributed by atoms with Gasteiger partial charge in [0.25, 0.3) is 0 Å². The van der Waals surface area contributed by atoms with Crippen molar-refractivity contribution in [3.63, 3.8) is 0 Å². The Morgan fingerprint density at radius 3 is 2.57 bits per heavy atom. The molecule has 1 saturated carbocycles. The zero-order valence-electron chi connectivity index (χ0n) is 13.2. The Kier molecular flexibility index (Phi) is 4.63. The van der Waals surface area contributed by atoms with E-state index in [0.717, 1.165) is 24.2 Å². The smallest absolute Gasteiger partial charge is 0.154 e.